The number of alkyl halides is 3. The van der Waals surface area contributed by atoms with Crippen molar-refractivity contribution in [1.29, 1.82) is 0 Å². The largest absolute Gasteiger partial charge is 0.471 e. The van der Waals surface area contributed by atoms with Crippen molar-refractivity contribution in [2.45, 2.75) is 33.0 Å². The maximum atomic E-state index is 12.1. The summed E-state index contributed by atoms with van der Waals surface area (Å²) < 4.78 is 40.8. The maximum Gasteiger partial charge on any atom is 0.471 e. The SMILES string of the molecule is CCOC(C)=O.Cl.O=C(Nc1cccc2c1CNCC2)C(F)(F)F. The topological polar surface area (TPSA) is 67.4 Å². The molecule has 24 heavy (non-hydrogen) atoms. The molecule has 0 saturated heterocycles. The van der Waals surface area contributed by atoms with Gasteiger partial charge in [-0.05, 0) is 37.1 Å². The fraction of sp³-hybridized carbons (Fsp3) is 0.467. The molecule has 9 heteroatoms. The summed E-state index contributed by atoms with van der Waals surface area (Å²) in [6.45, 7) is 4.92. The van der Waals surface area contributed by atoms with Crippen molar-refractivity contribution in [3.63, 3.8) is 0 Å². The van der Waals surface area contributed by atoms with E-state index in [2.05, 4.69) is 10.1 Å². The number of benzene rings is 1. The summed E-state index contributed by atoms with van der Waals surface area (Å²) in [5, 5.41) is 4.97. The molecule has 0 fully saturated rings. The summed E-state index contributed by atoms with van der Waals surface area (Å²) in [7, 11) is 0. The molecular weight excluding hydrogens is 349 g/mol. The van der Waals surface area contributed by atoms with Gasteiger partial charge in [0.2, 0.25) is 0 Å². The molecule has 1 aromatic rings. The van der Waals surface area contributed by atoms with Crippen molar-refractivity contribution < 1.29 is 27.5 Å². The van der Waals surface area contributed by atoms with Gasteiger partial charge in [0.05, 0.1) is 6.61 Å². The first-order chi connectivity index (χ1) is 10.8. The number of halogens is 4. The Labute approximate surface area is 144 Å². The number of carbonyl (C=O) groups is 2. The second-order valence-electron chi connectivity index (χ2n) is 4.75. The molecule has 5 nitrogen and oxygen atoms in total. The van der Waals surface area contributed by atoms with E-state index >= 15 is 0 Å². The number of hydrogen-bond donors (Lipinski definition) is 2. The number of amides is 1. The molecule has 1 heterocycles. The zero-order valence-electron chi connectivity index (χ0n) is 13.3. The second kappa shape index (κ2) is 10.1. The minimum absolute atomic E-state index is 0. The monoisotopic (exact) mass is 368 g/mol. The zero-order valence-corrected chi connectivity index (χ0v) is 14.1. The van der Waals surface area contributed by atoms with E-state index < -0.39 is 12.1 Å². The number of anilines is 1. The molecule has 0 atom stereocenters. The lowest BCUT2D eigenvalue weighted by Gasteiger charge is -2.20. The van der Waals surface area contributed by atoms with Crippen LogP contribution in [0.4, 0.5) is 18.9 Å². The van der Waals surface area contributed by atoms with Gasteiger partial charge < -0.3 is 15.4 Å². The van der Waals surface area contributed by atoms with Gasteiger partial charge in [-0.1, -0.05) is 12.1 Å². The third-order valence-corrected chi connectivity index (χ3v) is 3.00. The van der Waals surface area contributed by atoms with Crippen LogP contribution in [-0.4, -0.2) is 31.2 Å². The number of fused-ring (bicyclic) bond motifs is 1. The van der Waals surface area contributed by atoms with Crippen LogP contribution in [0.3, 0.4) is 0 Å². The molecule has 0 unspecified atom stereocenters. The third kappa shape index (κ3) is 7.18. The van der Waals surface area contributed by atoms with Crippen molar-refractivity contribution in [3.8, 4) is 0 Å². The maximum absolute atomic E-state index is 12.1. The first-order valence-corrected chi connectivity index (χ1v) is 7.08. The highest BCUT2D eigenvalue weighted by Gasteiger charge is 2.39. The summed E-state index contributed by atoms with van der Waals surface area (Å²) in [5.74, 6) is -2.14. The summed E-state index contributed by atoms with van der Waals surface area (Å²) in [5.41, 5.74) is 1.94. The van der Waals surface area contributed by atoms with Crippen LogP contribution < -0.4 is 10.6 Å². The average molecular weight is 369 g/mol. The van der Waals surface area contributed by atoms with E-state index in [1.165, 1.54) is 13.0 Å². The van der Waals surface area contributed by atoms with Crippen molar-refractivity contribution in [3.05, 3.63) is 29.3 Å². The summed E-state index contributed by atoms with van der Waals surface area (Å²) in [4.78, 5) is 20.7. The van der Waals surface area contributed by atoms with Gasteiger partial charge in [0, 0.05) is 19.2 Å². The fourth-order valence-corrected chi connectivity index (χ4v) is 2.03. The Hall–Kier alpha value is -1.80. The van der Waals surface area contributed by atoms with Gasteiger partial charge in [0.1, 0.15) is 0 Å². The van der Waals surface area contributed by atoms with Gasteiger partial charge in [0.25, 0.3) is 0 Å². The van der Waals surface area contributed by atoms with Gasteiger partial charge in [-0.25, -0.2) is 0 Å². The molecule has 0 saturated carbocycles. The summed E-state index contributed by atoms with van der Waals surface area (Å²) in [6.07, 6.45) is -4.10. The predicted molar refractivity (Wildman–Crippen MR) is 86.1 cm³/mol. The molecule has 136 valence electrons. The van der Waals surface area contributed by atoms with Crippen LogP contribution in [0.15, 0.2) is 18.2 Å². The van der Waals surface area contributed by atoms with E-state index in [0.717, 1.165) is 24.1 Å². The van der Waals surface area contributed by atoms with E-state index in [4.69, 9.17) is 0 Å². The van der Waals surface area contributed by atoms with Crippen molar-refractivity contribution in [2.75, 3.05) is 18.5 Å². The zero-order chi connectivity index (χ0) is 17.5. The van der Waals surface area contributed by atoms with Gasteiger partial charge >= 0.3 is 18.1 Å². The smallest absolute Gasteiger partial charge is 0.466 e. The lowest BCUT2D eigenvalue weighted by molar-refractivity contribution is -0.167. The van der Waals surface area contributed by atoms with Crippen molar-refractivity contribution in [1.82, 2.24) is 5.32 Å². The van der Waals surface area contributed by atoms with Crippen LogP contribution in [0.5, 0.6) is 0 Å². The second-order valence-corrected chi connectivity index (χ2v) is 4.75. The molecule has 1 aliphatic heterocycles. The first kappa shape index (κ1) is 22.2. The molecule has 0 aromatic heterocycles. The Bertz CT molecular complexity index is 565. The molecule has 0 aliphatic carbocycles. The number of ether oxygens (including phenoxy) is 1. The number of esters is 1. The van der Waals surface area contributed by atoms with E-state index in [1.807, 2.05) is 11.4 Å². The minimum Gasteiger partial charge on any atom is -0.466 e. The van der Waals surface area contributed by atoms with Crippen molar-refractivity contribution in [2.24, 2.45) is 0 Å². The Kier molecular flexibility index (Phi) is 9.38. The van der Waals surface area contributed by atoms with Crippen LogP contribution in [-0.2, 0) is 27.3 Å². The molecule has 1 aromatic carbocycles. The molecule has 0 radical (unpaired) electrons. The third-order valence-electron chi connectivity index (χ3n) is 3.00. The van der Waals surface area contributed by atoms with E-state index in [9.17, 15) is 22.8 Å². The number of hydrogen-bond acceptors (Lipinski definition) is 4. The Balaban J connectivity index is 0.000000655. The highest BCUT2D eigenvalue weighted by atomic mass is 35.5. The first-order valence-electron chi connectivity index (χ1n) is 7.08. The molecule has 2 rings (SSSR count). The molecule has 0 bridgehead atoms. The number of carbonyl (C=O) groups excluding carboxylic acids is 2. The molecule has 2 N–H and O–H groups in total. The highest BCUT2D eigenvalue weighted by molar-refractivity contribution is 5.95. The summed E-state index contributed by atoms with van der Waals surface area (Å²) in [6, 6.07) is 4.99. The standard InChI is InChI=1S/C11H11F3N2O.C4H8O2.ClH/c12-11(13,14)10(17)16-9-3-1-2-7-4-5-15-6-8(7)9;1-3-6-4(2)5;/h1-3,15H,4-6H2,(H,16,17);3H2,1-2H3;1H. The molecule has 0 spiro atoms. The van der Waals surface area contributed by atoms with Crippen LogP contribution in [0.1, 0.15) is 25.0 Å². The summed E-state index contributed by atoms with van der Waals surface area (Å²) >= 11 is 0. The number of rotatable bonds is 2. The van der Waals surface area contributed by atoms with E-state index in [-0.39, 0.29) is 24.1 Å². The van der Waals surface area contributed by atoms with Crippen LogP contribution >= 0.6 is 12.4 Å². The number of nitrogens with one attached hydrogen (secondary N) is 2. The van der Waals surface area contributed by atoms with Crippen LogP contribution in [0.2, 0.25) is 0 Å². The van der Waals surface area contributed by atoms with Crippen LogP contribution in [0.25, 0.3) is 0 Å². The van der Waals surface area contributed by atoms with Gasteiger partial charge in [0.15, 0.2) is 0 Å². The van der Waals surface area contributed by atoms with E-state index in [1.54, 1.807) is 13.0 Å². The van der Waals surface area contributed by atoms with Gasteiger partial charge in [-0.15, -0.1) is 12.4 Å². The quantitative estimate of drug-likeness (QED) is 0.788. The van der Waals surface area contributed by atoms with Gasteiger partial charge in [-0.2, -0.15) is 13.2 Å². The Morgan fingerprint density at radius 2 is 2.00 bits per heavy atom. The molecular formula is C15H20ClF3N2O3. The fourth-order valence-electron chi connectivity index (χ4n) is 2.03. The average Bonchev–Trinajstić information content (AvgIpc) is 2.47. The Morgan fingerprint density at radius 3 is 2.50 bits per heavy atom. The normalized spacial score (nSPS) is 12.7. The highest BCUT2D eigenvalue weighted by Crippen LogP contribution is 2.25. The van der Waals surface area contributed by atoms with Gasteiger partial charge in [-0.3, -0.25) is 9.59 Å². The predicted octanol–water partition coefficient (Wildman–Crippen LogP) is 2.82. The Morgan fingerprint density at radius 1 is 1.33 bits per heavy atom. The minimum atomic E-state index is -4.86. The van der Waals surface area contributed by atoms with E-state index in [0.29, 0.717) is 13.2 Å². The lowest BCUT2D eigenvalue weighted by Crippen LogP contribution is -2.31. The molecule has 1 amide bonds. The van der Waals surface area contributed by atoms with Crippen molar-refractivity contribution >= 4 is 30.0 Å². The van der Waals surface area contributed by atoms with Crippen LogP contribution in [0, 0.1) is 0 Å². The lowest BCUT2D eigenvalue weighted by atomic mass is 9.99. The molecule has 1 aliphatic rings.